The van der Waals surface area contributed by atoms with Crippen LogP contribution < -0.4 is 0 Å². The molecule has 0 spiro atoms. The molecular formula is C12H25NO. The Labute approximate surface area is 88.6 Å². The molecule has 0 bridgehead atoms. The van der Waals surface area contributed by atoms with Crippen LogP contribution in [-0.4, -0.2) is 37.7 Å². The van der Waals surface area contributed by atoms with Gasteiger partial charge in [-0.3, -0.25) is 0 Å². The van der Waals surface area contributed by atoms with E-state index >= 15 is 0 Å². The van der Waals surface area contributed by atoms with E-state index in [0.717, 1.165) is 12.6 Å². The van der Waals surface area contributed by atoms with E-state index in [4.69, 9.17) is 4.74 Å². The molecule has 0 amide bonds. The molecule has 0 N–H and O–H groups in total. The predicted octanol–water partition coefficient (Wildman–Crippen LogP) is 2.68. The second-order valence-corrected chi connectivity index (χ2v) is 4.66. The van der Waals surface area contributed by atoms with Crippen LogP contribution in [0.4, 0.5) is 0 Å². The van der Waals surface area contributed by atoms with Crippen molar-refractivity contribution in [3.05, 3.63) is 0 Å². The Morgan fingerprint density at radius 3 is 2.50 bits per heavy atom. The van der Waals surface area contributed by atoms with Crippen LogP contribution in [-0.2, 0) is 4.74 Å². The molecule has 0 aromatic carbocycles. The second kappa shape index (κ2) is 6.41. The first kappa shape index (κ1) is 12.0. The number of epoxide rings is 1. The van der Waals surface area contributed by atoms with Gasteiger partial charge in [-0.15, -0.1) is 0 Å². The fourth-order valence-electron chi connectivity index (χ4n) is 1.90. The van der Waals surface area contributed by atoms with E-state index < -0.39 is 0 Å². The van der Waals surface area contributed by atoms with E-state index in [1.165, 1.54) is 38.5 Å². The molecule has 84 valence electrons. The zero-order valence-electron chi connectivity index (χ0n) is 9.96. The summed E-state index contributed by atoms with van der Waals surface area (Å²) in [5.74, 6) is 0. The minimum Gasteiger partial charge on any atom is -0.373 e. The smallest absolute Gasteiger partial charge is 0.0824 e. The van der Waals surface area contributed by atoms with E-state index in [-0.39, 0.29) is 0 Å². The molecule has 1 aliphatic heterocycles. The van der Waals surface area contributed by atoms with Crippen LogP contribution in [0.25, 0.3) is 0 Å². The highest BCUT2D eigenvalue weighted by Crippen LogP contribution is 2.21. The van der Waals surface area contributed by atoms with E-state index in [0.29, 0.717) is 6.10 Å². The molecule has 2 nitrogen and oxygen atoms in total. The van der Waals surface area contributed by atoms with Crippen molar-refractivity contribution >= 4 is 0 Å². The van der Waals surface area contributed by atoms with E-state index in [9.17, 15) is 0 Å². The Bertz CT molecular complexity index is 143. The summed E-state index contributed by atoms with van der Waals surface area (Å²) in [7, 11) is 4.37. The number of hydrogen-bond acceptors (Lipinski definition) is 2. The highest BCUT2D eigenvalue weighted by atomic mass is 16.6. The minimum atomic E-state index is 0.577. The third-order valence-corrected chi connectivity index (χ3v) is 3.06. The molecule has 0 aromatic heterocycles. The van der Waals surface area contributed by atoms with Crippen LogP contribution in [0.5, 0.6) is 0 Å². The summed E-state index contributed by atoms with van der Waals surface area (Å²) in [6.45, 7) is 3.26. The maximum Gasteiger partial charge on any atom is 0.0824 e. The molecule has 0 saturated carbocycles. The van der Waals surface area contributed by atoms with Gasteiger partial charge in [0.25, 0.3) is 0 Å². The van der Waals surface area contributed by atoms with Crippen molar-refractivity contribution in [3.63, 3.8) is 0 Å². The Morgan fingerprint density at radius 2 is 2.00 bits per heavy atom. The fraction of sp³-hybridized carbons (Fsp3) is 1.00. The predicted molar refractivity (Wildman–Crippen MR) is 60.6 cm³/mol. The first-order chi connectivity index (χ1) is 6.74. The molecule has 1 rings (SSSR count). The zero-order chi connectivity index (χ0) is 10.4. The number of hydrogen-bond donors (Lipinski definition) is 0. The summed E-state index contributed by atoms with van der Waals surface area (Å²) in [5.41, 5.74) is 0. The molecule has 1 fully saturated rings. The molecule has 0 radical (unpaired) electrons. The summed E-state index contributed by atoms with van der Waals surface area (Å²) in [4.78, 5) is 2.35. The number of rotatable bonds is 8. The minimum absolute atomic E-state index is 0.577. The Balaban J connectivity index is 2.07. The summed E-state index contributed by atoms with van der Waals surface area (Å²) >= 11 is 0. The Morgan fingerprint density at radius 1 is 1.29 bits per heavy atom. The van der Waals surface area contributed by atoms with Gasteiger partial charge in [-0.25, -0.2) is 0 Å². The fourth-order valence-corrected chi connectivity index (χ4v) is 1.90. The number of ether oxygens (including phenoxy) is 1. The largest absolute Gasteiger partial charge is 0.373 e. The van der Waals surface area contributed by atoms with E-state index in [1.807, 2.05) is 0 Å². The SMILES string of the molecule is CCCCCCC(CC1CO1)N(C)C. The van der Waals surface area contributed by atoms with Crippen LogP contribution in [0.1, 0.15) is 45.4 Å². The summed E-state index contributed by atoms with van der Waals surface area (Å²) in [5, 5.41) is 0. The molecule has 0 aliphatic carbocycles. The molecule has 1 aliphatic rings. The summed E-state index contributed by atoms with van der Waals surface area (Å²) in [6.07, 6.45) is 8.65. The van der Waals surface area contributed by atoms with Gasteiger partial charge in [-0.05, 0) is 26.9 Å². The van der Waals surface area contributed by atoms with Gasteiger partial charge in [0.15, 0.2) is 0 Å². The molecule has 2 atom stereocenters. The number of nitrogens with zero attached hydrogens (tertiary/aromatic N) is 1. The highest BCUT2D eigenvalue weighted by Gasteiger charge is 2.27. The zero-order valence-corrected chi connectivity index (χ0v) is 9.96. The third-order valence-electron chi connectivity index (χ3n) is 3.06. The molecule has 1 saturated heterocycles. The Hall–Kier alpha value is -0.0800. The lowest BCUT2D eigenvalue weighted by molar-refractivity contribution is 0.235. The monoisotopic (exact) mass is 199 g/mol. The van der Waals surface area contributed by atoms with Crippen molar-refractivity contribution < 1.29 is 4.74 Å². The summed E-state index contributed by atoms with van der Waals surface area (Å²) < 4.78 is 5.29. The third kappa shape index (κ3) is 4.97. The van der Waals surface area contributed by atoms with Crippen molar-refractivity contribution in [3.8, 4) is 0 Å². The van der Waals surface area contributed by atoms with Gasteiger partial charge < -0.3 is 9.64 Å². The van der Waals surface area contributed by atoms with E-state index in [2.05, 4.69) is 25.9 Å². The molecule has 0 aromatic rings. The van der Waals surface area contributed by atoms with Crippen molar-refractivity contribution in [2.75, 3.05) is 20.7 Å². The van der Waals surface area contributed by atoms with E-state index in [1.54, 1.807) is 0 Å². The maximum atomic E-state index is 5.29. The molecule has 2 heteroatoms. The van der Waals surface area contributed by atoms with Crippen molar-refractivity contribution in [2.24, 2.45) is 0 Å². The lowest BCUT2D eigenvalue weighted by atomic mass is 10.0. The van der Waals surface area contributed by atoms with Crippen LogP contribution in [0, 0.1) is 0 Å². The molecule has 2 unspecified atom stereocenters. The standard InChI is InChI=1S/C12H25NO/c1-4-5-6-7-8-11(13(2)3)9-12-10-14-12/h11-12H,4-10H2,1-3H3. The summed E-state index contributed by atoms with van der Waals surface area (Å²) in [6, 6.07) is 0.736. The van der Waals surface area contributed by atoms with Gasteiger partial charge in [0.2, 0.25) is 0 Å². The topological polar surface area (TPSA) is 15.8 Å². The first-order valence-corrected chi connectivity index (χ1v) is 6.02. The second-order valence-electron chi connectivity index (χ2n) is 4.66. The molecule has 14 heavy (non-hydrogen) atoms. The lowest BCUT2D eigenvalue weighted by Crippen LogP contribution is -2.29. The van der Waals surface area contributed by atoms with Gasteiger partial charge in [0.1, 0.15) is 0 Å². The number of unbranched alkanes of at least 4 members (excludes halogenated alkanes) is 3. The van der Waals surface area contributed by atoms with Gasteiger partial charge >= 0.3 is 0 Å². The van der Waals surface area contributed by atoms with Crippen LogP contribution in [0.2, 0.25) is 0 Å². The Kier molecular flexibility index (Phi) is 5.49. The quantitative estimate of drug-likeness (QED) is 0.441. The van der Waals surface area contributed by atoms with Gasteiger partial charge in [0.05, 0.1) is 12.7 Å². The highest BCUT2D eigenvalue weighted by molar-refractivity contribution is 4.78. The van der Waals surface area contributed by atoms with Crippen molar-refractivity contribution in [1.82, 2.24) is 4.90 Å². The van der Waals surface area contributed by atoms with Gasteiger partial charge in [0, 0.05) is 6.04 Å². The van der Waals surface area contributed by atoms with Crippen LogP contribution >= 0.6 is 0 Å². The lowest BCUT2D eigenvalue weighted by Gasteiger charge is -2.23. The molecular weight excluding hydrogens is 174 g/mol. The average molecular weight is 199 g/mol. The first-order valence-electron chi connectivity index (χ1n) is 6.02. The average Bonchev–Trinajstić information content (AvgIpc) is 2.93. The van der Waals surface area contributed by atoms with Crippen molar-refractivity contribution in [1.29, 1.82) is 0 Å². The van der Waals surface area contributed by atoms with Crippen LogP contribution in [0.15, 0.2) is 0 Å². The van der Waals surface area contributed by atoms with Gasteiger partial charge in [-0.2, -0.15) is 0 Å². The maximum absolute atomic E-state index is 5.29. The molecule has 1 heterocycles. The van der Waals surface area contributed by atoms with Gasteiger partial charge in [-0.1, -0.05) is 32.6 Å². The van der Waals surface area contributed by atoms with Crippen molar-refractivity contribution in [2.45, 2.75) is 57.6 Å². The van der Waals surface area contributed by atoms with Crippen LogP contribution in [0.3, 0.4) is 0 Å². The normalized spacial score (nSPS) is 22.7.